The highest BCUT2D eigenvalue weighted by molar-refractivity contribution is 5.89. The quantitative estimate of drug-likeness (QED) is 0.739. The summed E-state index contributed by atoms with van der Waals surface area (Å²) in [5, 5.41) is 0. The predicted octanol–water partition coefficient (Wildman–Crippen LogP) is 2.33. The molecule has 0 aliphatic heterocycles. The SMILES string of the molecule is COCC(C)OC(=O)c1ccc(C)c(F)c1. The minimum absolute atomic E-state index is 0.214. The molecule has 0 aliphatic rings. The van der Waals surface area contributed by atoms with Crippen LogP contribution in [0.25, 0.3) is 0 Å². The van der Waals surface area contributed by atoms with Crippen LogP contribution in [0.5, 0.6) is 0 Å². The summed E-state index contributed by atoms with van der Waals surface area (Å²) in [5.41, 5.74) is 0.715. The largest absolute Gasteiger partial charge is 0.457 e. The number of hydrogen-bond donors (Lipinski definition) is 0. The summed E-state index contributed by atoms with van der Waals surface area (Å²) in [7, 11) is 1.52. The molecule has 16 heavy (non-hydrogen) atoms. The molecule has 0 bridgehead atoms. The van der Waals surface area contributed by atoms with Crippen molar-refractivity contribution in [1.82, 2.24) is 0 Å². The maximum Gasteiger partial charge on any atom is 0.338 e. The molecule has 0 amide bonds. The summed E-state index contributed by atoms with van der Waals surface area (Å²) in [4.78, 5) is 11.5. The molecule has 0 saturated carbocycles. The Kier molecular flexibility index (Phi) is 4.43. The van der Waals surface area contributed by atoms with Crippen LogP contribution in [0.4, 0.5) is 4.39 Å². The number of methoxy groups -OCH3 is 1. The lowest BCUT2D eigenvalue weighted by Gasteiger charge is -2.12. The van der Waals surface area contributed by atoms with Gasteiger partial charge in [0, 0.05) is 7.11 Å². The number of ether oxygens (including phenoxy) is 2. The van der Waals surface area contributed by atoms with Crippen LogP contribution in [0.2, 0.25) is 0 Å². The summed E-state index contributed by atoms with van der Waals surface area (Å²) in [6.45, 7) is 3.67. The van der Waals surface area contributed by atoms with E-state index in [1.807, 2.05) is 0 Å². The van der Waals surface area contributed by atoms with E-state index in [0.29, 0.717) is 12.2 Å². The fourth-order valence-electron chi connectivity index (χ4n) is 1.24. The first-order chi connectivity index (χ1) is 7.54. The van der Waals surface area contributed by atoms with Crippen molar-refractivity contribution in [3.8, 4) is 0 Å². The van der Waals surface area contributed by atoms with Gasteiger partial charge in [0.25, 0.3) is 0 Å². The lowest BCUT2D eigenvalue weighted by molar-refractivity contribution is 0.0120. The number of aryl methyl sites for hydroxylation is 1. The van der Waals surface area contributed by atoms with Gasteiger partial charge in [-0.15, -0.1) is 0 Å². The molecule has 1 unspecified atom stereocenters. The highest BCUT2D eigenvalue weighted by atomic mass is 19.1. The Morgan fingerprint density at radius 2 is 2.19 bits per heavy atom. The Morgan fingerprint density at radius 1 is 1.50 bits per heavy atom. The molecule has 0 radical (unpaired) electrons. The molecular formula is C12H15FO3. The van der Waals surface area contributed by atoms with Crippen molar-refractivity contribution >= 4 is 5.97 Å². The molecule has 0 N–H and O–H groups in total. The molecule has 0 fully saturated rings. The Balaban J connectivity index is 2.69. The molecular weight excluding hydrogens is 211 g/mol. The van der Waals surface area contributed by atoms with Crippen LogP contribution in [-0.4, -0.2) is 25.8 Å². The van der Waals surface area contributed by atoms with Crippen molar-refractivity contribution < 1.29 is 18.7 Å². The third-order valence-corrected chi connectivity index (χ3v) is 2.12. The zero-order chi connectivity index (χ0) is 12.1. The number of carbonyl (C=O) groups is 1. The van der Waals surface area contributed by atoms with Crippen molar-refractivity contribution in [3.05, 3.63) is 35.1 Å². The summed E-state index contributed by atoms with van der Waals surface area (Å²) >= 11 is 0. The van der Waals surface area contributed by atoms with Crippen LogP contribution in [0.15, 0.2) is 18.2 Å². The fourth-order valence-corrected chi connectivity index (χ4v) is 1.24. The van der Waals surface area contributed by atoms with Crippen LogP contribution in [0, 0.1) is 12.7 Å². The molecule has 0 aliphatic carbocycles. The monoisotopic (exact) mass is 226 g/mol. The molecule has 1 aromatic carbocycles. The fraction of sp³-hybridized carbons (Fsp3) is 0.417. The van der Waals surface area contributed by atoms with Crippen molar-refractivity contribution in [2.24, 2.45) is 0 Å². The third kappa shape index (κ3) is 3.31. The normalized spacial score (nSPS) is 12.2. The summed E-state index contributed by atoms with van der Waals surface area (Å²) < 4.78 is 23.1. The number of esters is 1. The molecule has 0 aromatic heterocycles. The maximum atomic E-state index is 13.2. The van der Waals surface area contributed by atoms with Gasteiger partial charge in [0.05, 0.1) is 12.2 Å². The summed E-state index contributed by atoms with van der Waals surface area (Å²) in [5.74, 6) is -0.947. The number of benzene rings is 1. The van der Waals surface area contributed by atoms with E-state index in [0.717, 1.165) is 0 Å². The predicted molar refractivity (Wildman–Crippen MR) is 57.9 cm³/mol. The Hall–Kier alpha value is -1.42. The second-order valence-corrected chi connectivity index (χ2v) is 3.64. The van der Waals surface area contributed by atoms with Gasteiger partial charge in [-0.1, -0.05) is 6.07 Å². The maximum absolute atomic E-state index is 13.2. The second kappa shape index (κ2) is 5.61. The average molecular weight is 226 g/mol. The van der Waals surface area contributed by atoms with E-state index in [4.69, 9.17) is 9.47 Å². The molecule has 88 valence electrons. The van der Waals surface area contributed by atoms with Crippen molar-refractivity contribution in [2.45, 2.75) is 20.0 Å². The molecule has 0 saturated heterocycles. The highest BCUT2D eigenvalue weighted by Crippen LogP contribution is 2.11. The van der Waals surface area contributed by atoms with E-state index in [1.165, 1.54) is 13.2 Å². The van der Waals surface area contributed by atoms with E-state index in [2.05, 4.69) is 0 Å². The minimum Gasteiger partial charge on any atom is -0.457 e. The van der Waals surface area contributed by atoms with E-state index < -0.39 is 11.8 Å². The Labute approximate surface area is 94.2 Å². The van der Waals surface area contributed by atoms with Crippen molar-refractivity contribution in [3.63, 3.8) is 0 Å². The molecule has 1 aromatic rings. The van der Waals surface area contributed by atoms with Gasteiger partial charge in [-0.3, -0.25) is 0 Å². The first-order valence-corrected chi connectivity index (χ1v) is 5.00. The van der Waals surface area contributed by atoms with Gasteiger partial charge in [0.1, 0.15) is 11.9 Å². The zero-order valence-corrected chi connectivity index (χ0v) is 9.62. The third-order valence-electron chi connectivity index (χ3n) is 2.12. The Bertz CT molecular complexity index is 377. The lowest BCUT2D eigenvalue weighted by atomic mass is 10.1. The van der Waals surface area contributed by atoms with Crippen LogP contribution in [0.1, 0.15) is 22.8 Å². The van der Waals surface area contributed by atoms with Crippen LogP contribution >= 0.6 is 0 Å². The summed E-state index contributed by atoms with van der Waals surface area (Å²) in [6.07, 6.45) is -0.345. The highest BCUT2D eigenvalue weighted by Gasteiger charge is 2.13. The van der Waals surface area contributed by atoms with Gasteiger partial charge in [-0.05, 0) is 31.5 Å². The van der Waals surface area contributed by atoms with Gasteiger partial charge >= 0.3 is 5.97 Å². The van der Waals surface area contributed by atoms with E-state index in [1.54, 1.807) is 26.0 Å². The van der Waals surface area contributed by atoms with Gasteiger partial charge in [0.2, 0.25) is 0 Å². The minimum atomic E-state index is -0.538. The molecule has 1 atom stereocenters. The van der Waals surface area contributed by atoms with Gasteiger partial charge in [-0.25, -0.2) is 9.18 Å². The molecule has 4 heteroatoms. The molecule has 0 heterocycles. The first kappa shape index (κ1) is 12.6. The number of halogens is 1. The smallest absolute Gasteiger partial charge is 0.338 e. The van der Waals surface area contributed by atoms with E-state index >= 15 is 0 Å². The van der Waals surface area contributed by atoms with Crippen LogP contribution in [-0.2, 0) is 9.47 Å². The lowest BCUT2D eigenvalue weighted by Crippen LogP contribution is -2.19. The first-order valence-electron chi connectivity index (χ1n) is 5.00. The number of carbonyl (C=O) groups excluding carboxylic acids is 1. The van der Waals surface area contributed by atoms with Crippen LogP contribution < -0.4 is 0 Å². The van der Waals surface area contributed by atoms with Gasteiger partial charge in [0.15, 0.2) is 0 Å². The van der Waals surface area contributed by atoms with Gasteiger partial charge < -0.3 is 9.47 Å². The van der Waals surface area contributed by atoms with E-state index in [9.17, 15) is 9.18 Å². The topological polar surface area (TPSA) is 35.5 Å². The second-order valence-electron chi connectivity index (χ2n) is 3.64. The number of rotatable bonds is 4. The van der Waals surface area contributed by atoms with E-state index in [-0.39, 0.29) is 11.7 Å². The standard InChI is InChI=1S/C12H15FO3/c1-8-4-5-10(6-11(8)13)12(14)16-9(2)7-15-3/h4-6,9H,7H2,1-3H3. The van der Waals surface area contributed by atoms with Crippen LogP contribution in [0.3, 0.4) is 0 Å². The average Bonchev–Trinajstić information content (AvgIpc) is 2.22. The molecule has 3 nitrogen and oxygen atoms in total. The number of hydrogen-bond acceptors (Lipinski definition) is 3. The van der Waals surface area contributed by atoms with Gasteiger partial charge in [-0.2, -0.15) is 0 Å². The Morgan fingerprint density at radius 3 is 2.75 bits per heavy atom. The van der Waals surface area contributed by atoms with Crippen molar-refractivity contribution in [1.29, 1.82) is 0 Å². The zero-order valence-electron chi connectivity index (χ0n) is 9.62. The van der Waals surface area contributed by atoms with Crippen molar-refractivity contribution in [2.75, 3.05) is 13.7 Å². The summed E-state index contributed by atoms with van der Waals surface area (Å²) in [6, 6.07) is 4.27. The molecule has 1 rings (SSSR count). The molecule has 0 spiro atoms.